The minimum atomic E-state index is 0.679. The van der Waals surface area contributed by atoms with Crippen molar-refractivity contribution in [2.24, 2.45) is 5.92 Å². The molecule has 22 heavy (non-hydrogen) atoms. The maximum absolute atomic E-state index is 5.68. The van der Waals surface area contributed by atoms with Gasteiger partial charge in [-0.3, -0.25) is 0 Å². The van der Waals surface area contributed by atoms with Gasteiger partial charge in [-0.1, -0.05) is 25.0 Å². The summed E-state index contributed by atoms with van der Waals surface area (Å²) < 4.78 is 5.19. The van der Waals surface area contributed by atoms with Gasteiger partial charge in [0.2, 0.25) is 0 Å². The van der Waals surface area contributed by atoms with Gasteiger partial charge in [-0.2, -0.15) is 0 Å². The largest absolute Gasteiger partial charge is 0.497 e. The van der Waals surface area contributed by atoms with Crippen LogP contribution >= 0.6 is 12.2 Å². The average molecular weight is 318 g/mol. The molecule has 0 spiro atoms. The minimum absolute atomic E-state index is 0.679. The molecular formula is C18H26N2OS. The number of hydrogen-bond donors (Lipinski definition) is 1. The van der Waals surface area contributed by atoms with Crippen LogP contribution in [0, 0.1) is 5.92 Å². The standard InChI is InChI=1S/C18H26N2OS/c1-21-16-10-8-14(9-11-16)13-19-18(22)20-12-4-6-15-5-2-3-7-17(15)20/h8-11,15,17H,2-7,12-13H2,1H3,(H,19,22)/t15-,17-/m1/s1. The first kappa shape index (κ1) is 15.6. The number of ether oxygens (including phenoxy) is 1. The molecule has 1 aliphatic heterocycles. The molecule has 2 atom stereocenters. The van der Waals surface area contributed by atoms with E-state index in [2.05, 4.69) is 22.3 Å². The van der Waals surface area contributed by atoms with E-state index in [1.54, 1.807) is 7.11 Å². The summed E-state index contributed by atoms with van der Waals surface area (Å²) >= 11 is 5.68. The molecule has 1 heterocycles. The van der Waals surface area contributed by atoms with Gasteiger partial charge in [-0.15, -0.1) is 0 Å². The summed E-state index contributed by atoms with van der Waals surface area (Å²) in [5, 5.41) is 4.39. The maximum atomic E-state index is 5.68. The average Bonchev–Trinajstić information content (AvgIpc) is 2.59. The van der Waals surface area contributed by atoms with E-state index in [1.165, 1.54) is 44.1 Å². The quantitative estimate of drug-likeness (QED) is 0.859. The molecule has 1 saturated carbocycles. The zero-order valence-corrected chi connectivity index (χ0v) is 14.2. The molecule has 2 aliphatic rings. The van der Waals surface area contributed by atoms with Crippen LogP contribution in [-0.2, 0) is 6.54 Å². The van der Waals surface area contributed by atoms with E-state index in [-0.39, 0.29) is 0 Å². The third-order valence-corrected chi connectivity index (χ3v) is 5.49. The number of rotatable bonds is 3. The van der Waals surface area contributed by atoms with Crippen LogP contribution < -0.4 is 10.1 Å². The molecule has 0 radical (unpaired) electrons. The number of nitrogens with one attached hydrogen (secondary N) is 1. The highest BCUT2D eigenvalue weighted by Gasteiger charge is 2.34. The summed E-state index contributed by atoms with van der Waals surface area (Å²) in [6.45, 7) is 1.91. The molecule has 1 aromatic rings. The fourth-order valence-corrected chi connectivity index (χ4v) is 4.20. The topological polar surface area (TPSA) is 24.5 Å². The number of benzene rings is 1. The highest BCUT2D eigenvalue weighted by Crippen LogP contribution is 2.35. The third-order valence-electron chi connectivity index (χ3n) is 5.11. The summed E-state index contributed by atoms with van der Waals surface area (Å²) in [4.78, 5) is 2.46. The normalized spacial score (nSPS) is 24.5. The summed E-state index contributed by atoms with van der Waals surface area (Å²) in [5.74, 6) is 1.76. The van der Waals surface area contributed by atoms with Crippen molar-refractivity contribution in [1.29, 1.82) is 0 Å². The number of thiocarbonyl (C=S) groups is 1. The molecule has 0 aromatic heterocycles. The molecule has 1 aliphatic carbocycles. The Bertz CT molecular complexity index is 500. The molecule has 0 bridgehead atoms. The number of fused-ring (bicyclic) bond motifs is 1. The Morgan fingerprint density at radius 2 is 1.91 bits per heavy atom. The lowest BCUT2D eigenvalue weighted by molar-refractivity contribution is 0.118. The van der Waals surface area contributed by atoms with E-state index in [4.69, 9.17) is 17.0 Å². The van der Waals surface area contributed by atoms with Crippen molar-refractivity contribution in [3.63, 3.8) is 0 Å². The fraction of sp³-hybridized carbons (Fsp3) is 0.611. The second-order valence-corrected chi connectivity index (χ2v) is 6.84. The molecule has 0 unspecified atom stereocenters. The van der Waals surface area contributed by atoms with Gasteiger partial charge in [-0.25, -0.2) is 0 Å². The summed E-state index contributed by atoms with van der Waals surface area (Å²) in [6, 6.07) is 8.86. The van der Waals surface area contributed by atoms with Crippen LogP contribution in [0.1, 0.15) is 44.1 Å². The van der Waals surface area contributed by atoms with Gasteiger partial charge in [0, 0.05) is 19.1 Å². The molecule has 3 rings (SSSR count). The highest BCUT2D eigenvalue weighted by molar-refractivity contribution is 7.80. The van der Waals surface area contributed by atoms with Crippen LogP contribution in [0.25, 0.3) is 0 Å². The molecule has 2 fully saturated rings. The van der Waals surface area contributed by atoms with Crippen LogP contribution in [0.3, 0.4) is 0 Å². The zero-order valence-electron chi connectivity index (χ0n) is 13.4. The lowest BCUT2D eigenvalue weighted by atomic mass is 9.78. The summed E-state index contributed by atoms with van der Waals surface area (Å²) in [7, 11) is 1.69. The summed E-state index contributed by atoms with van der Waals surface area (Å²) in [6.07, 6.45) is 8.14. The Morgan fingerprint density at radius 1 is 1.18 bits per heavy atom. The lowest BCUT2D eigenvalue weighted by Gasteiger charge is -2.45. The van der Waals surface area contributed by atoms with Crippen LogP contribution in [0.15, 0.2) is 24.3 Å². The van der Waals surface area contributed by atoms with Crippen LogP contribution in [0.5, 0.6) is 5.75 Å². The molecule has 3 nitrogen and oxygen atoms in total. The van der Waals surface area contributed by atoms with E-state index >= 15 is 0 Å². The van der Waals surface area contributed by atoms with Crippen molar-refractivity contribution < 1.29 is 4.74 Å². The first-order valence-electron chi connectivity index (χ1n) is 8.45. The number of methoxy groups -OCH3 is 1. The molecule has 120 valence electrons. The Kier molecular flexibility index (Phi) is 5.19. The number of likely N-dealkylation sites (tertiary alicyclic amines) is 1. The van der Waals surface area contributed by atoms with Crippen molar-refractivity contribution in [2.75, 3.05) is 13.7 Å². The Balaban J connectivity index is 1.56. The van der Waals surface area contributed by atoms with Crippen molar-refractivity contribution in [2.45, 2.75) is 51.1 Å². The monoisotopic (exact) mass is 318 g/mol. The number of hydrogen-bond acceptors (Lipinski definition) is 2. The van der Waals surface area contributed by atoms with Crippen molar-refractivity contribution in [1.82, 2.24) is 10.2 Å². The Hall–Kier alpha value is -1.29. The molecule has 1 aromatic carbocycles. The van der Waals surface area contributed by atoms with Gasteiger partial charge in [0.1, 0.15) is 5.75 Å². The maximum Gasteiger partial charge on any atom is 0.169 e. The van der Waals surface area contributed by atoms with Crippen molar-refractivity contribution in [3.05, 3.63) is 29.8 Å². The third kappa shape index (κ3) is 3.54. The number of piperidine rings is 1. The first-order valence-corrected chi connectivity index (χ1v) is 8.86. The molecule has 1 saturated heterocycles. The van der Waals surface area contributed by atoms with Crippen molar-refractivity contribution >= 4 is 17.3 Å². The van der Waals surface area contributed by atoms with E-state index in [0.29, 0.717) is 6.04 Å². The van der Waals surface area contributed by atoms with Gasteiger partial charge in [-0.05, 0) is 61.5 Å². The second kappa shape index (κ2) is 7.32. The summed E-state index contributed by atoms with van der Waals surface area (Å²) in [5.41, 5.74) is 1.24. The van der Waals surface area contributed by atoms with Crippen LogP contribution in [-0.4, -0.2) is 29.7 Å². The van der Waals surface area contributed by atoms with Gasteiger partial charge in [0.05, 0.1) is 7.11 Å². The Morgan fingerprint density at radius 3 is 2.68 bits per heavy atom. The molecular weight excluding hydrogens is 292 g/mol. The SMILES string of the molecule is COc1ccc(CNC(=S)N2CCC[C@H]3CCCC[C@H]32)cc1. The fourth-order valence-electron chi connectivity index (χ4n) is 3.90. The van der Waals surface area contributed by atoms with Crippen LogP contribution in [0.4, 0.5) is 0 Å². The predicted octanol–water partition coefficient (Wildman–Crippen LogP) is 3.72. The second-order valence-electron chi connectivity index (χ2n) is 6.45. The Labute approximate surface area is 139 Å². The van der Waals surface area contributed by atoms with E-state index in [9.17, 15) is 0 Å². The number of nitrogens with zero attached hydrogens (tertiary/aromatic N) is 1. The minimum Gasteiger partial charge on any atom is -0.497 e. The van der Waals surface area contributed by atoms with Gasteiger partial charge >= 0.3 is 0 Å². The van der Waals surface area contributed by atoms with E-state index < -0.39 is 0 Å². The van der Waals surface area contributed by atoms with Crippen molar-refractivity contribution in [3.8, 4) is 5.75 Å². The smallest absolute Gasteiger partial charge is 0.169 e. The molecule has 4 heteroatoms. The lowest BCUT2D eigenvalue weighted by Crippen LogP contribution is -2.52. The molecule has 0 amide bonds. The first-order chi connectivity index (χ1) is 10.8. The van der Waals surface area contributed by atoms with Gasteiger partial charge < -0.3 is 15.0 Å². The van der Waals surface area contributed by atoms with E-state index in [1.807, 2.05) is 12.1 Å². The zero-order chi connectivity index (χ0) is 15.4. The highest BCUT2D eigenvalue weighted by atomic mass is 32.1. The van der Waals surface area contributed by atoms with Gasteiger partial charge in [0.15, 0.2) is 5.11 Å². The predicted molar refractivity (Wildman–Crippen MR) is 94.1 cm³/mol. The van der Waals surface area contributed by atoms with Gasteiger partial charge in [0.25, 0.3) is 0 Å². The van der Waals surface area contributed by atoms with Crippen LogP contribution in [0.2, 0.25) is 0 Å². The molecule has 1 N–H and O–H groups in total. The van der Waals surface area contributed by atoms with E-state index in [0.717, 1.165) is 29.9 Å².